The van der Waals surface area contributed by atoms with Crippen LogP contribution >= 0.6 is 0 Å². The maximum absolute atomic E-state index is 14.0. The Morgan fingerprint density at radius 1 is 0.826 bits per heavy atom. The minimum Gasteiger partial charge on any atom is -0.458 e. The number of hydrogen-bond donors (Lipinski definition) is 0. The quantitative estimate of drug-likeness (QED) is 0.247. The summed E-state index contributed by atoms with van der Waals surface area (Å²) in [7, 11) is 0. The summed E-state index contributed by atoms with van der Waals surface area (Å²) < 4.78 is 37.0. The summed E-state index contributed by atoms with van der Waals surface area (Å²) >= 11 is 0. The number of esters is 5. The highest BCUT2D eigenvalue weighted by atomic mass is 16.6. The van der Waals surface area contributed by atoms with Crippen molar-refractivity contribution in [3.8, 4) is 0 Å². The van der Waals surface area contributed by atoms with Crippen LogP contribution in [0.3, 0.4) is 0 Å². The Labute approximate surface area is 269 Å². The molecule has 0 unspecified atom stereocenters. The lowest BCUT2D eigenvalue weighted by Gasteiger charge is -2.66. The van der Waals surface area contributed by atoms with Gasteiger partial charge < -0.3 is 28.4 Å². The van der Waals surface area contributed by atoms with Crippen LogP contribution in [0, 0.1) is 22.7 Å². The van der Waals surface area contributed by atoms with Gasteiger partial charge in [0.25, 0.3) is 0 Å². The summed E-state index contributed by atoms with van der Waals surface area (Å²) in [4.78, 5) is 64.9. The van der Waals surface area contributed by atoms with Crippen LogP contribution in [0.5, 0.6) is 0 Å². The Bertz CT molecular complexity index is 1450. The van der Waals surface area contributed by atoms with Crippen LogP contribution in [0.4, 0.5) is 0 Å². The Kier molecular flexibility index (Phi) is 8.87. The zero-order valence-corrected chi connectivity index (χ0v) is 27.7. The number of rotatable bonds is 6. The van der Waals surface area contributed by atoms with Crippen LogP contribution in [-0.2, 0) is 47.6 Å². The summed E-state index contributed by atoms with van der Waals surface area (Å²) in [5, 5.41) is 0. The fraction of sp³-hybridized carbons (Fsp3) is 0.629. The highest BCUT2D eigenvalue weighted by Crippen LogP contribution is 2.64. The molecule has 3 aliphatic carbocycles. The number of carbonyl (C=O) groups is 5. The average Bonchev–Trinajstić information content (AvgIpc) is 2.94. The second kappa shape index (κ2) is 12.1. The van der Waals surface area contributed by atoms with Crippen LogP contribution in [0.15, 0.2) is 41.5 Å². The molecule has 1 heterocycles. The first kappa shape index (κ1) is 33.6. The molecule has 250 valence electrons. The van der Waals surface area contributed by atoms with E-state index < -0.39 is 88.6 Å². The third kappa shape index (κ3) is 5.60. The summed E-state index contributed by atoms with van der Waals surface area (Å²) in [6, 6.07) is 8.58. The monoisotopic (exact) mass is 640 g/mol. The molecule has 1 aliphatic heterocycles. The van der Waals surface area contributed by atoms with Gasteiger partial charge in [0.2, 0.25) is 0 Å². The van der Waals surface area contributed by atoms with Crippen LogP contribution in [0.1, 0.15) is 85.0 Å². The highest BCUT2D eigenvalue weighted by molar-refractivity contribution is 5.89. The van der Waals surface area contributed by atoms with E-state index in [1.165, 1.54) is 27.7 Å². The molecule has 0 N–H and O–H groups in total. The second-order valence-corrected chi connectivity index (χ2v) is 13.9. The maximum Gasteiger partial charge on any atom is 0.338 e. The van der Waals surface area contributed by atoms with Crippen molar-refractivity contribution in [2.75, 3.05) is 6.61 Å². The van der Waals surface area contributed by atoms with Crippen molar-refractivity contribution in [2.45, 2.75) is 111 Å². The molecule has 2 bridgehead atoms. The van der Waals surface area contributed by atoms with E-state index in [0.29, 0.717) is 29.6 Å². The van der Waals surface area contributed by atoms with E-state index in [1.807, 2.05) is 27.7 Å². The van der Waals surface area contributed by atoms with Gasteiger partial charge >= 0.3 is 29.8 Å². The predicted molar refractivity (Wildman–Crippen MR) is 162 cm³/mol. The molecule has 11 nitrogen and oxygen atoms in total. The van der Waals surface area contributed by atoms with E-state index in [9.17, 15) is 24.0 Å². The Morgan fingerprint density at radius 3 is 2.00 bits per heavy atom. The Balaban J connectivity index is 1.84. The van der Waals surface area contributed by atoms with Crippen LogP contribution in [0.2, 0.25) is 0 Å². The normalized spacial score (nSPS) is 35.9. The van der Waals surface area contributed by atoms with E-state index in [2.05, 4.69) is 0 Å². The van der Waals surface area contributed by atoms with Crippen molar-refractivity contribution in [2.24, 2.45) is 22.7 Å². The Hall–Kier alpha value is -3.73. The maximum atomic E-state index is 14.0. The van der Waals surface area contributed by atoms with Gasteiger partial charge in [-0.15, -0.1) is 0 Å². The van der Waals surface area contributed by atoms with Gasteiger partial charge in [-0.05, 0) is 54.9 Å². The van der Waals surface area contributed by atoms with Crippen LogP contribution < -0.4 is 0 Å². The first-order chi connectivity index (χ1) is 21.5. The molecule has 5 rings (SSSR count). The molecule has 2 saturated carbocycles. The second-order valence-electron chi connectivity index (χ2n) is 13.9. The summed E-state index contributed by atoms with van der Waals surface area (Å²) in [5.41, 5.74) is -1.54. The van der Waals surface area contributed by atoms with Gasteiger partial charge in [0.05, 0.1) is 18.1 Å². The fourth-order valence-corrected chi connectivity index (χ4v) is 8.91. The average molecular weight is 641 g/mol. The number of ether oxygens (including phenoxy) is 6. The summed E-state index contributed by atoms with van der Waals surface area (Å²) in [5.74, 6) is -4.14. The van der Waals surface area contributed by atoms with Crippen molar-refractivity contribution >= 4 is 29.8 Å². The summed E-state index contributed by atoms with van der Waals surface area (Å²) in [6.07, 6.45) is -3.26. The van der Waals surface area contributed by atoms with Gasteiger partial charge in [0.1, 0.15) is 24.4 Å². The molecule has 46 heavy (non-hydrogen) atoms. The number of hydrogen-bond acceptors (Lipinski definition) is 11. The van der Waals surface area contributed by atoms with Crippen molar-refractivity contribution in [3.63, 3.8) is 0 Å². The number of carbonyl (C=O) groups excluding carboxylic acids is 5. The first-order valence-corrected chi connectivity index (χ1v) is 15.8. The summed E-state index contributed by atoms with van der Waals surface area (Å²) in [6.45, 7) is 12.9. The predicted octanol–water partition coefficient (Wildman–Crippen LogP) is 4.50. The van der Waals surface area contributed by atoms with E-state index in [1.54, 1.807) is 30.3 Å². The third-order valence-corrected chi connectivity index (χ3v) is 10.6. The molecule has 0 spiro atoms. The van der Waals surface area contributed by atoms with Crippen molar-refractivity contribution < 1.29 is 52.4 Å². The van der Waals surface area contributed by atoms with Crippen molar-refractivity contribution in [3.05, 3.63) is 47.0 Å². The highest BCUT2D eigenvalue weighted by Gasteiger charge is 2.73. The molecule has 9 atom stereocenters. The van der Waals surface area contributed by atoms with E-state index in [4.69, 9.17) is 28.4 Å². The van der Waals surface area contributed by atoms with Gasteiger partial charge in [0.15, 0.2) is 11.7 Å². The first-order valence-electron chi connectivity index (χ1n) is 15.8. The van der Waals surface area contributed by atoms with Crippen LogP contribution in [-0.4, -0.2) is 72.6 Å². The molecular weight excluding hydrogens is 596 g/mol. The lowest BCUT2D eigenvalue weighted by atomic mass is 9.46. The molecule has 3 fully saturated rings. The minimum absolute atomic E-state index is 0.0319. The molecule has 1 aromatic rings. The van der Waals surface area contributed by atoms with Crippen molar-refractivity contribution in [1.29, 1.82) is 0 Å². The molecule has 0 amide bonds. The largest absolute Gasteiger partial charge is 0.458 e. The van der Waals surface area contributed by atoms with Crippen LogP contribution in [0.25, 0.3) is 0 Å². The molecule has 11 heteroatoms. The van der Waals surface area contributed by atoms with Gasteiger partial charge in [-0.2, -0.15) is 0 Å². The van der Waals surface area contributed by atoms with Gasteiger partial charge in [0, 0.05) is 39.0 Å². The Morgan fingerprint density at radius 2 is 1.46 bits per heavy atom. The zero-order valence-electron chi connectivity index (χ0n) is 27.7. The lowest BCUT2D eigenvalue weighted by molar-refractivity contribution is -0.337. The smallest absolute Gasteiger partial charge is 0.338 e. The minimum atomic E-state index is -1.25. The van der Waals surface area contributed by atoms with Crippen molar-refractivity contribution in [1.82, 2.24) is 0 Å². The molecular formula is C35H44O11. The van der Waals surface area contributed by atoms with E-state index in [-0.39, 0.29) is 13.0 Å². The number of benzene rings is 1. The molecule has 4 aliphatic rings. The van der Waals surface area contributed by atoms with E-state index >= 15 is 0 Å². The fourth-order valence-electron chi connectivity index (χ4n) is 8.91. The molecule has 0 aromatic heterocycles. The lowest BCUT2D eigenvalue weighted by Crippen LogP contribution is -2.77. The topological polar surface area (TPSA) is 141 Å². The molecule has 1 aromatic carbocycles. The van der Waals surface area contributed by atoms with Gasteiger partial charge in [-0.3, -0.25) is 19.2 Å². The zero-order chi connectivity index (χ0) is 33.8. The third-order valence-electron chi connectivity index (χ3n) is 10.6. The van der Waals surface area contributed by atoms with Gasteiger partial charge in [-0.1, -0.05) is 39.0 Å². The standard InChI is InChI=1S/C35H44O11/c1-18-25(42-19(2)36)16-24-28(45-32(40)23-12-10-9-11-13-23)30-34(8,15-14-26-35(30,17-41-26)46-22(5)39)31(44-21(4)38)29(43-20(3)37)27(18)33(24,6)7/h9-13,24-26,28-31H,14-17H2,1-8H3/t24-,25-,26+,28+,29+,30-,31-,34+,35-/m0/s1. The SMILES string of the molecule is CC(=O)O[C@H]1C[C@H]2[C@@H](OC(=O)c3ccccc3)[C@H]3[C@@](C)(CC[C@H]4OC[C@]43OC(C)=O)[C@@H](OC(C)=O)[C@H](OC(C)=O)C(=C1C)C2(C)C. The number of fused-ring (bicyclic) bond motifs is 5. The van der Waals surface area contributed by atoms with E-state index in [0.717, 1.165) is 0 Å². The van der Waals surface area contributed by atoms with Gasteiger partial charge in [-0.25, -0.2) is 4.79 Å². The molecule has 1 saturated heterocycles. The molecule has 0 radical (unpaired) electrons.